The highest BCUT2D eigenvalue weighted by atomic mass is 16.1. The fraction of sp³-hybridized carbons (Fsp3) is 0.235. The molecule has 0 aromatic heterocycles. The van der Waals surface area contributed by atoms with Gasteiger partial charge in [-0.2, -0.15) is 0 Å². The summed E-state index contributed by atoms with van der Waals surface area (Å²) in [5.41, 5.74) is 2.25. The molecule has 3 rings (SSSR count). The maximum atomic E-state index is 11.8. The summed E-state index contributed by atoms with van der Waals surface area (Å²) < 4.78 is 0. The zero-order valence-electron chi connectivity index (χ0n) is 10.3. The molecule has 0 heterocycles. The molecule has 2 aliphatic rings. The molecule has 0 amide bonds. The third kappa shape index (κ3) is 2.67. The summed E-state index contributed by atoms with van der Waals surface area (Å²) >= 11 is 0. The normalized spacial score (nSPS) is 24.8. The van der Waals surface area contributed by atoms with Gasteiger partial charge in [-0.05, 0) is 35.5 Å². The summed E-state index contributed by atoms with van der Waals surface area (Å²) in [6.07, 6.45) is 12.0. The molecule has 1 fully saturated rings. The predicted molar refractivity (Wildman–Crippen MR) is 73.9 cm³/mol. The molecule has 1 aromatic rings. The first-order valence-corrected chi connectivity index (χ1v) is 6.46. The highest BCUT2D eigenvalue weighted by molar-refractivity contribution is 5.95. The first-order valence-electron chi connectivity index (χ1n) is 6.46. The van der Waals surface area contributed by atoms with Crippen LogP contribution in [0.1, 0.15) is 18.4 Å². The Bertz CT molecular complexity index is 534. The minimum atomic E-state index is 0.175. The van der Waals surface area contributed by atoms with E-state index < -0.39 is 0 Å². The Labute approximate surface area is 108 Å². The topological polar surface area (TPSA) is 17.1 Å². The van der Waals surface area contributed by atoms with Gasteiger partial charge >= 0.3 is 0 Å². The van der Waals surface area contributed by atoms with E-state index in [1.165, 1.54) is 12.0 Å². The van der Waals surface area contributed by atoms with Crippen LogP contribution in [0.5, 0.6) is 0 Å². The molecular formula is C17H16O. The van der Waals surface area contributed by atoms with E-state index in [4.69, 9.17) is 0 Å². The predicted octanol–water partition coefficient (Wildman–Crippen LogP) is 3.79. The number of benzene rings is 1. The summed E-state index contributed by atoms with van der Waals surface area (Å²) in [7, 11) is 0. The van der Waals surface area contributed by atoms with Crippen LogP contribution < -0.4 is 0 Å². The van der Waals surface area contributed by atoms with Crippen LogP contribution in [-0.4, -0.2) is 5.78 Å². The smallest absolute Gasteiger partial charge is 0.160 e. The molecular weight excluding hydrogens is 220 g/mol. The van der Waals surface area contributed by atoms with E-state index in [0.29, 0.717) is 6.42 Å². The van der Waals surface area contributed by atoms with Gasteiger partial charge < -0.3 is 0 Å². The number of carbonyl (C=O) groups excluding carboxylic acids is 1. The number of hydrogen-bond donors (Lipinski definition) is 0. The molecule has 2 aliphatic carbocycles. The lowest BCUT2D eigenvalue weighted by atomic mass is 10.0. The van der Waals surface area contributed by atoms with E-state index in [1.54, 1.807) is 6.08 Å². The van der Waals surface area contributed by atoms with Crippen LogP contribution in [0, 0.1) is 11.8 Å². The van der Waals surface area contributed by atoms with Crippen LogP contribution in [0.2, 0.25) is 0 Å². The average molecular weight is 236 g/mol. The van der Waals surface area contributed by atoms with Crippen molar-refractivity contribution in [2.45, 2.75) is 12.8 Å². The van der Waals surface area contributed by atoms with Crippen molar-refractivity contribution in [1.82, 2.24) is 0 Å². The first-order chi connectivity index (χ1) is 8.81. The SMILES string of the molecule is O=C(/C=C/c1ccccc1)CC1=CC2CC2C=C1. The monoisotopic (exact) mass is 236 g/mol. The van der Waals surface area contributed by atoms with Gasteiger partial charge in [0, 0.05) is 6.42 Å². The first kappa shape index (κ1) is 11.2. The minimum Gasteiger partial charge on any atom is -0.294 e. The quantitative estimate of drug-likeness (QED) is 0.727. The van der Waals surface area contributed by atoms with E-state index >= 15 is 0 Å². The van der Waals surface area contributed by atoms with Crippen molar-refractivity contribution in [3.63, 3.8) is 0 Å². The van der Waals surface area contributed by atoms with E-state index in [2.05, 4.69) is 18.2 Å². The zero-order valence-corrected chi connectivity index (χ0v) is 10.3. The maximum absolute atomic E-state index is 11.8. The molecule has 2 unspecified atom stereocenters. The molecule has 0 N–H and O–H groups in total. The van der Waals surface area contributed by atoms with Crippen LogP contribution >= 0.6 is 0 Å². The van der Waals surface area contributed by atoms with Gasteiger partial charge in [0.05, 0.1) is 0 Å². The van der Waals surface area contributed by atoms with E-state index in [1.807, 2.05) is 36.4 Å². The Morgan fingerprint density at radius 1 is 1.22 bits per heavy atom. The molecule has 0 aliphatic heterocycles. The third-order valence-corrected chi connectivity index (χ3v) is 3.52. The molecule has 2 atom stereocenters. The summed E-state index contributed by atoms with van der Waals surface area (Å²) in [6, 6.07) is 9.92. The molecule has 0 saturated heterocycles. The lowest BCUT2D eigenvalue weighted by Gasteiger charge is -2.03. The second-order valence-corrected chi connectivity index (χ2v) is 5.05. The summed E-state index contributed by atoms with van der Waals surface area (Å²) in [6.45, 7) is 0. The van der Waals surface area contributed by atoms with Crippen molar-refractivity contribution in [2.24, 2.45) is 11.8 Å². The molecule has 1 nitrogen and oxygen atoms in total. The van der Waals surface area contributed by atoms with Gasteiger partial charge in [0.25, 0.3) is 0 Å². The van der Waals surface area contributed by atoms with E-state index in [9.17, 15) is 4.79 Å². The van der Waals surface area contributed by atoms with Crippen molar-refractivity contribution in [3.8, 4) is 0 Å². The average Bonchev–Trinajstić information content (AvgIpc) is 3.16. The van der Waals surface area contributed by atoms with Gasteiger partial charge in [0.15, 0.2) is 5.78 Å². The standard InChI is InChI=1S/C17H16O/c18-17(9-7-13-4-2-1-3-5-13)11-14-6-8-15-12-16(15)10-14/h1-10,15-16H,11-12H2/b9-7+. The van der Waals surface area contributed by atoms with Gasteiger partial charge in [0.2, 0.25) is 0 Å². The summed E-state index contributed by atoms with van der Waals surface area (Å²) in [4.78, 5) is 11.8. The number of allylic oxidation sites excluding steroid dienone is 5. The Balaban J connectivity index is 1.59. The van der Waals surface area contributed by atoms with Crippen LogP contribution in [-0.2, 0) is 4.79 Å². The summed E-state index contributed by atoms with van der Waals surface area (Å²) in [5.74, 6) is 1.66. The van der Waals surface area contributed by atoms with E-state index in [0.717, 1.165) is 17.4 Å². The number of rotatable bonds is 4. The van der Waals surface area contributed by atoms with Gasteiger partial charge in [-0.25, -0.2) is 0 Å². The third-order valence-electron chi connectivity index (χ3n) is 3.52. The largest absolute Gasteiger partial charge is 0.294 e. The second kappa shape index (κ2) is 4.77. The minimum absolute atomic E-state index is 0.175. The van der Waals surface area contributed by atoms with Crippen LogP contribution in [0.25, 0.3) is 6.08 Å². The van der Waals surface area contributed by atoms with Crippen LogP contribution in [0.3, 0.4) is 0 Å². The molecule has 1 heteroatoms. The molecule has 0 radical (unpaired) electrons. The Morgan fingerprint density at radius 3 is 2.83 bits per heavy atom. The van der Waals surface area contributed by atoms with E-state index in [-0.39, 0.29) is 5.78 Å². The van der Waals surface area contributed by atoms with Crippen LogP contribution in [0.15, 0.2) is 60.2 Å². The highest BCUT2D eigenvalue weighted by Crippen LogP contribution is 2.44. The fourth-order valence-corrected chi connectivity index (χ4v) is 2.36. The van der Waals surface area contributed by atoms with Crippen molar-refractivity contribution in [1.29, 1.82) is 0 Å². The van der Waals surface area contributed by atoms with Crippen LogP contribution in [0.4, 0.5) is 0 Å². The molecule has 1 saturated carbocycles. The van der Waals surface area contributed by atoms with Gasteiger partial charge in [-0.15, -0.1) is 0 Å². The van der Waals surface area contributed by atoms with Gasteiger partial charge in [-0.1, -0.05) is 54.6 Å². The van der Waals surface area contributed by atoms with Crippen molar-refractivity contribution in [2.75, 3.05) is 0 Å². The number of fused-ring (bicyclic) bond motifs is 1. The maximum Gasteiger partial charge on any atom is 0.160 e. The lowest BCUT2D eigenvalue weighted by molar-refractivity contribution is -0.113. The Hall–Kier alpha value is -1.89. The fourth-order valence-electron chi connectivity index (χ4n) is 2.36. The molecule has 90 valence electrons. The Morgan fingerprint density at radius 2 is 2.06 bits per heavy atom. The highest BCUT2D eigenvalue weighted by Gasteiger charge is 2.34. The molecule has 1 aromatic carbocycles. The van der Waals surface area contributed by atoms with Crippen molar-refractivity contribution >= 4 is 11.9 Å². The number of carbonyl (C=O) groups is 1. The number of hydrogen-bond acceptors (Lipinski definition) is 1. The molecule has 0 bridgehead atoms. The molecule has 0 spiro atoms. The van der Waals surface area contributed by atoms with Gasteiger partial charge in [-0.3, -0.25) is 4.79 Å². The number of ketones is 1. The van der Waals surface area contributed by atoms with Crippen molar-refractivity contribution in [3.05, 3.63) is 65.8 Å². The molecule has 18 heavy (non-hydrogen) atoms. The van der Waals surface area contributed by atoms with Crippen molar-refractivity contribution < 1.29 is 4.79 Å². The summed E-state index contributed by atoms with van der Waals surface area (Å²) in [5, 5.41) is 0. The lowest BCUT2D eigenvalue weighted by Crippen LogP contribution is -1.96. The second-order valence-electron chi connectivity index (χ2n) is 5.05. The zero-order chi connectivity index (χ0) is 12.4. The Kier molecular flexibility index (Phi) is 2.97. The van der Waals surface area contributed by atoms with Gasteiger partial charge in [0.1, 0.15) is 0 Å².